The number of piperazine rings is 1. The zero-order valence-electron chi connectivity index (χ0n) is 27.4. The lowest BCUT2D eigenvalue weighted by Gasteiger charge is -2.38. The van der Waals surface area contributed by atoms with Gasteiger partial charge in [0.1, 0.15) is 0 Å². The van der Waals surface area contributed by atoms with E-state index in [1.807, 2.05) is 0 Å². The molecular weight excluding hydrogens is 244 g/mol. The standard InChI is InChI=1S/C18H22N2/c1-19-12-14-20(15-13-19)18(16-8-4-2-5-9-16)17-10-6-3-7-11-17/h2-11,18H,12-15H2,1H3/i1D3,2D,3D,4D,5D,6D,7D,8D,9D,10D,11D,12D2,13D2. The van der Waals surface area contributed by atoms with Crippen LogP contribution in [0.3, 0.4) is 0 Å². The van der Waals surface area contributed by atoms with Gasteiger partial charge < -0.3 is 4.90 Å². The van der Waals surface area contributed by atoms with Crippen LogP contribution < -0.4 is 0 Å². The summed E-state index contributed by atoms with van der Waals surface area (Å²) in [5.41, 5.74) is -1.14. The van der Waals surface area contributed by atoms with E-state index in [9.17, 15) is 0 Å². The molecule has 104 valence electrons. The lowest BCUT2D eigenvalue weighted by atomic mass is 9.96. The van der Waals surface area contributed by atoms with Gasteiger partial charge >= 0.3 is 0 Å². The van der Waals surface area contributed by atoms with Crippen molar-refractivity contribution in [2.45, 2.75) is 6.04 Å². The van der Waals surface area contributed by atoms with Crippen molar-refractivity contribution in [3.05, 3.63) is 71.6 Å². The van der Waals surface area contributed by atoms with Crippen LogP contribution in [0.2, 0.25) is 0 Å². The molecule has 2 aromatic carbocycles. The Bertz CT molecular complexity index is 1110. The number of hydrogen-bond acceptors (Lipinski definition) is 2. The van der Waals surface area contributed by atoms with Crippen LogP contribution in [0.15, 0.2) is 60.4 Å². The summed E-state index contributed by atoms with van der Waals surface area (Å²) >= 11 is 0. The fourth-order valence-electron chi connectivity index (χ4n) is 1.92. The molecule has 0 spiro atoms. The van der Waals surface area contributed by atoms with Gasteiger partial charge in [0.2, 0.25) is 0 Å². The first-order chi connectivity index (χ1) is 16.7. The summed E-state index contributed by atoms with van der Waals surface area (Å²) in [6.07, 6.45) is 0. The van der Waals surface area contributed by atoms with Crippen molar-refractivity contribution in [2.75, 3.05) is 33.1 Å². The second kappa shape index (κ2) is 6.21. The van der Waals surface area contributed by atoms with Crippen molar-refractivity contribution in [3.8, 4) is 0 Å². The monoisotopic (exact) mass is 283 g/mol. The van der Waals surface area contributed by atoms with Crippen LogP contribution >= 0.6 is 0 Å². The Kier molecular flexibility index (Phi) is 1.23. The molecular formula is C18H22N2. The molecule has 2 heteroatoms. The highest BCUT2D eigenvalue weighted by molar-refractivity contribution is 5.31. The maximum absolute atomic E-state index is 8.42. The van der Waals surface area contributed by atoms with E-state index in [-0.39, 0.29) is 4.90 Å². The number of hydrogen-bond donors (Lipinski definition) is 0. The van der Waals surface area contributed by atoms with Crippen molar-refractivity contribution in [1.82, 2.24) is 9.80 Å². The summed E-state index contributed by atoms with van der Waals surface area (Å²) in [5, 5.41) is 0. The van der Waals surface area contributed by atoms with E-state index in [0.29, 0.717) is 0 Å². The molecule has 0 aliphatic carbocycles. The normalized spacial score (nSPS) is 35.4. The molecule has 20 heavy (non-hydrogen) atoms. The fraction of sp³-hybridized carbons (Fsp3) is 0.333. The van der Waals surface area contributed by atoms with E-state index in [1.165, 1.54) is 0 Å². The smallest absolute Gasteiger partial charge is 0.0626 e. The first-order valence-corrected chi connectivity index (χ1v) is 5.85. The van der Waals surface area contributed by atoms with Gasteiger partial charge in [0.05, 0.1) is 19.7 Å². The average molecular weight is 283 g/mol. The highest BCUT2D eigenvalue weighted by Gasteiger charge is 2.24. The van der Waals surface area contributed by atoms with Crippen LogP contribution in [0.25, 0.3) is 0 Å². The Labute approximate surface area is 145 Å². The number of benzene rings is 2. The van der Waals surface area contributed by atoms with Gasteiger partial charge in [-0.3, -0.25) is 4.90 Å². The molecule has 0 amide bonds. The summed E-state index contributed by atoms with van der Waals surface area (Å²) in [7, 11) is 0. The van der Waals surface area contributed by atoms with E-state index in [4.69, 9.17) is 23.3 Å². The molecule has 1 fully saturated rings. The molecule has 0 atom stereocenters. The van der Waals surface area contributed by atoms with Gasteiger partial charge in [-0.15, -0.1) is 0 Å². The highest BCUT2D eigenvalue weighted by atomic mass is 15.3. The molecule has 3 rings (SSSR count). The maximum Gasteiger partial charge on any atom is 0.0626 e. The van der Waals surface area contributed by atoms with E-state index in [0.717, 1.165) is 4.90 Å². The minimum atomic E-state index is -3.22. The predicted molar refractivity (Wildman–Crippen MR) is 83.8 cm³/mol. The van der Waals surface area contributed by atoms with Crippen LogP contribution in [0.1, 0.15) is 40.5 Å². The lowest BCUT2D eigenvalue weighted by Crippen LogP contribution is -2.46. The van der Waals surface area contributed by atoms with Gasteiger partial charge in [-0.25, -0.2) is 0 Å². The third-order valence-corrected chi connectivity index (χ3v) is 2.81. The van der Waals surface area contributed by atoms with Crippen molar-refractivity contribution >= 4 is 0 Å². The Hall–Kier alpha value is -1.64. The lowest BCUT2D eigenvalue weighted by molar-refractivity contribution is 0.127. The van der Waals surface area contributed by atoms with Crippen molar-refractivity contribution in [2.24, 2.45) is 0 Å². The zero-order valence-corrected chi connectivity index (χ0v) is 10.4. The summed E-state index contributed by atoms with van der Waals surface area (Å²) < 4.78 is 138. The quantitative estimate of drug-likeness (QED) is 0.854. The Morgan fingerprint density at radius 3 is 1.90 bits per heavy atom. The van der Waals surface area contributed by atoms with Gasteiger partial charge in [-0.2, -0.15) is 0 Å². The van der Waals surface area contributed by atoms with Gasteiger partial charge in [0.15, 0.2) is 0 Å². The fourth-order valence-corrected chi connectivity index (χ4v) is 1.92. The first kappa shape index (κ1) is 3.96. The molecule has 1 aliphatic heterocycles. The molecule has 0 radical (unpaired) electrons. The molecule has 1 aliphatic rings. The zero-order chi connectivity index (χ0) is 28.6. The summed E-state index contributed by atoms with van der Waals surface area (Å²) in [5.74, 6) is 0. The van der Waals surface area contributed by atoms with Crippen molar-refractivity contribution in [3.63, 3.8) is 0 Å². The second-order valence-electron chi connectivity index (χ2n) is 4.04. The van der Waals surface area contributed by atoms with Crippen LogP contribution in [0, 0.1) is 0 Å². The van der Waals surface area contributed by atoms with E-state index in [2.05, 4.69) is 0 Å². The van der Waals surface area contributed by atoms with Crippen molar-refractivity contribution < 1.29 is 23.3 Å². The average Bonchev–Trinajstić information content (AvgIpc) is 2.75. The predicted octanol–water partition coefficient (Wildman–Crippen LogP) is 3.02. The van der Waals surface area contributed by atoms with E-state index in [1.54, 1.807) is 0 Å². The summed E-state index contributed by atoms with van der Waals surface area (Å²) in [6, 6.07) is -9.80. The topological polar surface area (TPSA) is 6.48 Å². The highest BCUT2D eigenvalue weighted by Crippen LogP contribution is 2.29. The summed E-state index contributed by atoms with van der Waals surface area (Å²) in [4.78, 5) is 0.953. The number of rotatable bonds is 3. The molecule has 0 N–H and O–H groups in total. The second-order valence-corrected chi connectivity index (χ2v) is 4.04. The first-order valence-electron chi connectivity index (χ1n) is 14.3. The number of nitrogens with zero attached hydrogens (tertiary/aromatic N) is 2. The third-order valence-electron chi connectivity index (χ3n) is 2.81. The van der Waals surface area contributed by atoms with Crippen molar-refractivity contribution in [1.29, 1.82) is 0 Å². The number of likely N-dealkylation sites (N-methyl/N-ethyl adjacent to an activating group) is 1. The van der Waals surface area contributed by atoms with Crippen LogP contribution in [0.5, 0.6) is 0 Å². The molecule has 0 saturated carbocycles. The molecule has 2 nitrogen and oxygen atoms in total. The molecule has 0 bridgehead atoms. The summed E-state index contributed by atoms with van der Waals surface area (Å²) in [6.45, 7) is -10.8. The Morgan fingerprint density at radius 1 is 0.950 bits per heavy atom. The van der Waals surface area contributed by atoms with Gasteiger partial charge in [0.25, 0.3) is 0 Å². The van der Waals surface area contributed by atoms with Crippen LogP contribution in [-0.2, 0) is 0 Å². The van der Waals surface area contributed by atoms with Gasteiger partial charge in [-0.05, 0) is 18.1 Å². The molecule has 1 heterocycles. The van der Waals surface area contributed by atoms with Crippen LogP contribution in [0.4, 0.5) is 0 Å². The minimum absolute atomic E-state index is 0.0461. The maximum atomic E-state index is 8.42. The molecule has 2 aromatic rings. The molecule has 0 aromatic heterocycles. The SMILES string of the molecule is [2H]c1c([2H])c([2H])c(C(c2c([2H])c([2H])c([2H])c([2H])c2[2H])N2CC([2H])([2H])N(C([2H])([2H])[2H])C([2H])([2H])C2)c([2H])c1[2H]. The Balaban J connectivity index is 2.43. The molecule has 1 saturated heterocycles. The molecule has 0 unspecified atom stereocenters. The van der Waals surface area contributed by atoms with E-state index >= 15 is 0 Å². The van der Waals surface area contributed by atoms with Gasteiger partial charge in [-0.1, -0.05) is 60.4 Å². The third kappa shape index (κ3) is 2.92. The van der Waals surface area contributed by atoms with E-state index < -0.39 is 111 Å². The van der Waals surface area contributed by atoms with Gasteiger partial charge in [0, 0.05) is 35.7 Å². The van der Waals surface area contributed by atoms with Crippen LogP contribution in [-0.4, -0.2) is 42.9 Å². The Morgan fingerprint density at radius 2 is 1.45 bits per heavy atom. The largest absolute Gasteiger partial charge is 0.304 e. The minimum Gasteiger partial charge on any atom is -0.304 e.